The Hall–Kier alpha value is -3.01. The van der Waals surface area contributed by atoms with Crippen LogP contribution in [0.3, 0.4) is 0 Å². The number of anilines is 3. The van der Waals surface area contributed by atoms with Gasteiger partial charge in [0.05, 0.1) is 4.92 Å². The first-order valence-corrected chi connectivity index (χ1v) is 10.5. The number of aryl methyl sites for hydroxylation is 1. The number of aromatic nitrogens is 2. The summed E-state index contributed by atoms with van der Waals surface area (Å²) in [6.07, 6.45) is 4.58. The number of benzene rings is 1. The fourth-order valence-electron chi connectivity index (χ4n) is 3.64. The number of nitro groups is 1. The van der Waals surface area contributed by atoms with Gasteiger partial charge in [-0.05, 0) is 37.8 Å². The molecule has 3 rings (SSSR count). The second-order valence-electron chi connectivity index (χ2n) is 7.68. The number of hydrogen-bond acceptors (Lipinski definition) is 7. The third-order valence-electron chi connectivity index (χ3n) is 5.10. The molecule has 1 unspecified atom stereocenters. The minimum atomic E-state index is -0.897. The van der Waals surface area contributed by atoms with E-state index < -0.39 is 16.4 Å². The van der Waals surface area contributed by atoms with Crippen molar-refractivity contribution in [1.29, 1.82) is 0 Å². The predicted octanol–water partition coefficient (Wildman–Crippen LogP) is 4.14. The molecule has 1 saturated heterocycles. The molecule has 1 aromatic heterocycles. The van der Waals surface area contributed by atoms with Crippen LogP contribution in [-0.2, 0) is 11.2 Å². The molecule has 0 saturated carbocycles. The van der Waals surface area contributed by atoms with Gasteiger partial charge in [0, 0.05) is 49.6 Å². The summed E-state index contributed by atoms with van der Waals surface area (Å²) in [5.41, 5.74) is 0.579. The van der Waals surface area contributed by atoms with Gasteiger partial charge < -0.3 is 15.5 Å². The van der Waals surface area contributed by atoms with E-state index >= 15 is 0 Å². The van der Waals surface area contributed by atoms with Crippen molar-refractivity contribution in [2.45, 2.75) is 52.0 Å². The normalized spacial score (nSPS) is 15.6. The Bertz CT molecular complexity index is 961. The molecule has 1 aromatic carbocycles. The van der Waals surface area contributed by atoms with E-state index in [0.29, 0.717) is 18.2 Å². The summed E-state index contributed by atoms with van der Waals surface area (Å²) in [6, 6.07) is 5.59. The highest BCUT2D eigenvalue weighted by Gasteiger charge is 2.23. The first-order chi connectivity index (χ1) is 14.9. The number of carbonyl (C=O) groups is 1. The molecule has 2 aromatic rings. The van der Waals surface area contributed by atoms with Gasteiger partial charge in [-0.2, -0.15) is 9.37 Å². The number of rotatable bonds is 8. The first-order valence-electron chi connectivity index (χ1n) is 10.5. The fraction of sp³-hybridized carbons (Fsp3) is 0.476. The van der Waals surface area contributed by atoms with Crippen LogP contribution in [0.1, 0.15) is 45.2 Å². The van der Waals surface area contributed by atoms with E-state index in [4.69, 9.17) is 0 Å². The minimum absolute atomic E-state index is 0. The van der Waals surface area contributed by atoms with Crippen LogP contribution in [0, 0.1) is 15.9 Å². The lowest BCUT2D eigenvalue weighted by Gasteiger charge is -2.34. The maximum Gasteiger partial charge on any atom is 0.306 e. The Morgan fingerprint density at radius 1 is 1.34 bits per heavy atom. The molecule has 9 nitrogen and oxygen atoms in total. The molecule has 1 aliphatic heterocycles. The summed E-state index contributed by atoms with van der Waals surface area (Å²) >= 11 is 0. The topological polar surface area (TPSA) is 113 Å². The van der Waals surface area contributed by atoms with E-state index in [-0.39, 0.29) is 24.4 Å². The third kappa shape index (κ3) is 6.74. The largest absolute Gasteiger partial charge is 0.354 e. The zero-order valence-electron chi connectivity index (χ0n) is 18.1. The Morgan fingerprint density at radius 3 is 2.81 bits per heavy atom. The number of amides is 1. The molecule has 32 heavy (non-hydrogen) atoms. The van der Waals surface area contributed by atoms with Crippen LogP contribution >= 0.6 is 12.4 Å². The van der Waals surface area contributed by atoms with E-state index in [0.717, 1.165) is 62.3 Å². The molecule has 1 fully saturated rings. The van der Waals surface area contributed by atoms with Gasteiger partial charge in [0.1, 0.15) is 5.82 Å². The first kappa shape index (κ1) is 25.3. The van der Waals surface area contributed by atoms with Gasteiger partial charge in [0.25, 0.3) is 0 Å². The van der Waals surface area contributed by atoms with Crippen LogP contribution in [0.25, 0.3) is 0 Å². The van der Waals surface area contributed by atoms with Crippen molar-refractivity contribution in [3.8, 4) is 0 Å². The number of halogens is 2. The maximum absolute atomic E-state index is 13.7. The van der Waals surface area contributed by atoms with Crippen LogP contribution in [0.4, 0.5) is 27.5 Å². The Kier molecular flexibility index (Phi) is 9.13. The van der Waals surface area contributed by atoms with Gasteiger partial charge in [-0.25, -0.2) is 4.98 Å². The monoisotopic (exact) mass is 466 g/mol. The molecular weight excluding hydrogens is 439 g/mol. The van der Waals surface area contributed by atoms with Crippen molar-refractivity contribution < 1.29 is 14.1 Å². The quantitative estimate of drug-likeness (QED) is 0.444. The summed E-state index contributed by atoms with van der Waals surface area (Å²) in [4.78, 5) is 33.0. The lowest BCUT2D eigenvalue weighted by molar-refractivity contribution is -0.387. The minimum Gasteiger partial charge on any atom is -0.354 e. The van der Waals surface area contributed by atoms with E-state index in [1.54, 1.807) is 0 Å². The van der Waals surface area contributed by atoms with E-state index in [1.807, 2.05) is 6.07 Å². The average Bonchev–Trinajstić information content (AvgIpc) is 2.73. The van der Waals surface area contributed by atoms with Gasteiger partial charge in [0.2, 0.25) is 17.7 Å². The van der Waals surface area contributed by atoms with Crippen molar-refractivity contribution in [3.05, 3.63) is 45.9 Å². The van der Waals surface area contributed by atoms with Crippen LogP contribution < -0.4 is 15.5 Å². The second-order valence-corrected chi connectivity index (χ2v) is 7.68. The molecule has 0 radical (unpaired) electrons. The molecular formula is C21H28ClFN6O3. The van der Waals surface area contributed by atoms with Crippen LogP contribution in [-0.4, -0.2) is 39.9 Å². The number of nitrogens with zero attached hydrogens (tertiary/aromatic N) is 4. The zero-order chi connectivity index (χ0) is 22.4. The highest BCUT2D eigenvalue weighted by molar-refractivity contribution is 5.85. The van der Waals surface area contributed by atoms with Crippen molar-refractivity contribution in [3.63, 3.8) is 0 Å². The third-order valence-corrected chi connectivity index (χ3v) is 5.10. The molecule has 1 aliphatic rings. The molecule has 2 N–H and O–H groups in total. The fourth-order valence-corrected chi connectivity index (χ4v) is 3.64. The molecule has 0 bridgehead atoms. The van der Waals surface area contributed by atoms with E-state index in [1.165, 1.54) is 13.0 Å². The van der Waals surface area contributed by atoms with Crippen LogP contribution in [0.2, 0.25) is 0 Å². The number of carbonyl (C=O) groups excluding carboxylic acids is 1. The molecule has 174 valence electrons. The number of hydrogen-bond donors (Lipinski definition) is 2. The maximum atomic E-state index is 13.7. The Balaban J connectivity index is 0.00000363. The number of piperidine rings is 1. The van der Waals surface area contributed by atoms with Crippen molar-refractivity contribution in [1.82, 2.24) is 15.3 Å². The molecule has 0 spiro atoms. The summed E-state index contributed by atoms with van der Waals surface area (Å²) < 4.78 is 13.7. The highest BCUT2D eigenvalue weighted by atomic mass is 35.5. The van der Waals surface area contributed by atoms with Crippen molar-refractivity contribution in [2.75, 3.05) is 23.3 Å². The van der Waals surface area contributed by atoms with Crippen molar-refractivity contribution >= 4 is 41.5 Å². The van der Waals surface area contributed by atoms with Gasteiger partial charge >= 0.3 is 5.69 Å². The summed E-state index contributed by atoms with van der Waals surface area (Å²) in [7, 11) is 0. The zero-order valence-corrected chi connectivity index (χ0v) is 19.0. The lowest BCUT2D eigenvalue weighted by Crippen LogP contribution is -2.47. The van der Waals surface area contributed by atoms with Gasteiger partial charge in [-0.1, -0.05) is 13.3 Å². The van der Waals surface area contributed by atoms with Gasteiger partial charge in [-0.3, -0.25) is 14.9 Å². The molecule has 1 atom stereocenters. The Labute approximate surface area is 192 Å². The number of unbranched alkanes of at least 4 members (excludes halogenated alkanes) is 1. The van der Waals surface area contributed by atoms with E-state index in [2.05, 4.69) is 32.4 Å². The van der Waals surface area contributed by atoms with Gasteiger partial charge in [-0.15, -0.1) is 12.4 Å². The molecule has 2 heterocycles. The predicted molar refractivity (Wildman–Crippen MR) is 123 cm³/mol. The molecule has 0 aliphatic carbocycles. The smallest absolute Gasteiger partial charge is 0.306 e. The number of nitrogens with one attached hydrogen (secondary N) is 2. The molecule has 11 heteroatoms. The SMILES string of the molecule is CCCCc1cc(N2CCCC(NC(C)=O)C2)nc(Nc2ccc(F)c([N+](=O)[O-])c2)n1.Cl. The second kappa shape index (κ2) is 11.6. The van der Waals surface area contributed by atoms with Crippen molar-refractivity contribution in [2.24, 2.45) is 0 Å². The highest BCUT2D eigenvalue weighted by Crippen LogP contribution is 2.26. The lowest BCUT2D eigenvalue weighted by atomic mass is 10.1. The standard InChI is InChI=1S/C21H27FN6O3.ClH/c1-3-4-6-15-12-20(27-10-5-7-17(13-27)23-14(2)29)26-21(24-15)25-16-8-9-18(22)19(11-16)28(30)31;/h8-9,11-12,17H,3-7,10,13H2,1-2H3,(H,23,29)(H,24,25,26);1H. The molecule has 1 amide bonds. The number of nitro benzene ring substituents is 1. The van der Waals surface area contributed by atoms with Crippen LogP contribution in [0.5, 0.6) is 0 Å². The summed E-state index contributed by atoms with van der Waals surface area (Å²) in [6.45, 7) is 5.06. The van der Waals surface area contributed by atoms with E-state index in [9.17, 15) is 19.3 Å². The van der Waals surface area contributed by atoms with Gasteiger partial charge in [0.15, 0.2) is 0 Å². The summed E-state index contributed by atoms with van der Waals surface area (Å²) in [5.74, 6) is 0.0750. The Morgan fingerprint density at radius 2 is 2.12 bits per heavy atom. The summed E-state index contributed by atoms with van der Waals surface area (Å²) in [5, 5.41) is 17.0. The van der Waals surface area contributed by atoms with Crippen LogP contribution in [0.15, 0.2) is 24.3 Å². The average molecular weight is 467 g/mol.